The summed E-state index contributed by atoms with van der Waals surface area (Å²) in [5, 5.41) is 15.2. The minimum absolute atomic E-state index is 0.135. The Hall–Kier alpha value is -4.21. The molecule has 2 N–H and O–H groups in total. The van der Waals surface area contributed by atoms with Crippen molar-refractivity contribution >= 4 is 29.2 Å². The highest BCUT2D eigenvalue weighted by Gasteiger charge is 2.48. The molecule has 0 bridgehead atoms. The summed E-state index contributed by atoms with van der Waals surface area (Å²) in [5.41, 5.74) is 1.56. The second-order valence-corrected chi connectivity index (χ2v) is 7.37. The third-order valence-corrected chi connectivity index (χ3v) is 5.37. The Morgan fingerprint density at radius 2 is 2.03 bits per heavy atom. The predicted octanol–water partition coefficient (Wildman–Crippen LogP) is 2.74. The molecule has 32 heavy (non-hydrogen) atoms. The zero-order chi connectivity index (χ0) is 23.2. The van der Waals surface area contributed by atoms with Crippen LogP contribution in [-0.2, 0) is 14.3 Å². The number of aryl methyl sites for hydroxylation is 2. The standard InChI is InChI=1S/C22H20N4O6/c1-10-8-14(25-32-10)26-18(13-6-5-7-23-9-13)16(20(28)21(26)29)19(27)15-11(2)17(22(30)31-4)24-12(15)3/h5-9,18,24,27H,1-4H3/b19-16+. The summed E-state index contributed by atoms with van der Waals surface area (Å²) < 4.78 is 9.87. The molecule has 4 rings (SSSR count). The molecule has 0 radical (unpaired) electrons. The van der Waals surface area contributed by atoms with E-state index in [1.807, 2.05) is 0 Å². The number of anilines is 1. The number of ketones is 1. The molecule has 0 saturated carbocycles. The molecule has 1 saturated heterocycles. The monoisotopic (exact) mass is 436 g/mol. The van der Waals surface area contributed by atoms with Crippen molar-refractivity contribution in [2.75, 3.05) is 12.0 Å². The van der Waals surface area contributed by atoms with Crippen LogP contribution < -0.4 is 4.90 Å². The summed E-state index contributed by atoms with van der Waals surface area (Å²) in [7, 11) is 1.24. The van der Waals surface area contributed by atoms with Gasteiger partial charge in [-0.2, -0.15) is 0 Å². The molecular formula is C22H20N4O6. The third kappa shape index (κ3) is 3.16. The number of carbonyl (C=O) groups excluding carboxylic acids is 3. The predicted molar refractivity (Wildman–Crippen MR) is 112 cm³/mol. The molecule has 164 valence electrons. The molecule has 1 fully saturated rings. The minimum atomic E-state index is -0.997. The second kappa shape index (κ2) is 7.80. The van der Waals surface area contributed by atoms with Crippen molar-refractivity contribution in [2.24, 2.45) is 0 Å². The summed E-state index contributed by atoms with van der Waals surface area (Å²) in [6, 6.07) is 3.87. The largest absolute Gasteiger partial charge is 0.507 e. The first-order valence-electron chi connectivity index (χ1n) is 9.68. The Balaban J connectivity index is 1.97. The summed E-state index contributed by atoms with van der Waals surface area (Å²) in [5.74, 6) is -2.21. The van der Waals surface area contributed by atoms with Gasteiger partial charge in [0.05, 0.1) is 18.7 Å². The van der Waals surface area contributed by atoms with Crippen LogP contribution in [0.2, 0.25) is 0 Å². The number of rotatable bonds is 4. The molecular weight excluding hydrogens is 416 g/mol. The van der Waals surface area contributed by atoms with E-state index < -0.39 is 29.5 Å². The number of aromatic nitrogens is 3. The number of ether oxygens (including phenoxy) is 1. The van der Waals surface area contributed by atoms with Crippen LogP contribution in [0.4, 0.5) is 5.82 Å². The van der Waals surface area contributed by atoms with Gasteiger partial charge in [-0.05, 0) is 38.0 Å². The van der Waals surface area contributed by atoms with Crippen molar-refractivity contribution in [3.63, 3.8) is 0 Å². The number of esters is 1. The lowest BCUT2D eigenvalue weighted by molar-refractivity contribution is -0.132. The van der Waals surface area contributed by atoms with Crippen molar-refractivity contribution in [1.29, 1.82) is 0 Å². The molecule has 0 spiro atoms. The van der Waals surface area contributed by atoms with Gasteiger partial charge in [0, 0.05) is 29.7 Å². The van der Waals surface area contributed by atoms with Crippen LogP contribution in [-0.4, -0.2) is 45.0 Å². The highest BCUT2D eigenvalue weighted by molar-refractivity contribution is 6.51. The van der Waals surface area contributed by atoms with Crippen molar-refractivity contribution < 1.29 is 28.8 Å². The van der Waals surface area contributed by atoms with Gasteiger partial charge in [-0.3, -0.25) is 19.5 Å². The molecule has 1 unspecified atom stereocenters. The zero-order valence-electron chi connectivity index (χ0n) is 17.8. The quantitative estimate of drug-likeness (QED) is 0.275. The number of aliphatic hydroxyl groups excluding tert-OH is 1. The van der Waals surface area contributed by atoms with Gasteiger partial charge >= 0.3 is 11.9 Å². The van der Waals surface area contributed by atoms with Crippen LogP contribution in [0, 0.1) is 20.8 Å². The Morgan fingerprint density at radius 1 is 1.28 bits per heavy atom. The van der Waals surface area contributed by atoms with E-state index in [1.165, 1.54) is 24.3 Å². The van der Waals surface area contributed by atoms with Crippen LogP contribution in [0.3, 0.4) is 0 Å². The number of nitrogens with zero attached hydrogens (tertiary/aromatic N) is 3. The topological polar surface area (TPSA) is 139 Å². The van der Waals surface area contributed by atoms with E-state index in [0.717, 1.165) is 0 Å². The number of nitrogens with one attached hydrogen (secondary N) is 1. The molecule has 3 aromatic rings. The molecule has 3 aromatic heterocycles. The number of carbonyl (C=O) groups is 3. The fraction of sp³-hybridized carbons (Fsp3) is 0.227. The Morgan fingerprint density at radius 3 is 2.62 bits per heavy atom. The van der Waals surface area contributed by atoms with Crippen molar-refractivity contribution in [3.8, 4) is 0 Å². The fourth-order valence-electron chi connectivity index (χ4n) is 3.93. The SMILES string of the molecule is COC(=O)c1[nH]c(C)c(/C(O)=C2\C(=O)C(=O)N(c3cc(C)on3)C2c2cccnc2)c1C. The summed E-state index contributed by atoms with van der Waals surface area (Å²) in [6.07, 6.45) is 3.06. The van der Waals surface area contributed by atoms with E-state index >= 15 is 0 Å². The summed E-state index contributed by atoms with van der Waals surface area (Å²) >= 11 is 0. The minimum Gasteiger partial charge on any atom is -0.507 e. The molecule has 1 amide bonds. The van der Waals surface area contributed by atoms with Gasteiger partial charge in [0.2, 0.25) is 0 Å². The lowest BCUT2D eigenvalue weighted by Gasteiger charge is -2.22. The van der Waals surface area contributed by atoms with Gasteiger partial charge in [-0.1, -0.05) is 11.2 Å². The van der Waals surface area contributed by atoms with Crippen LogP contribution >= 0.6 is 0 Å². The van der Waals surface area contributed by atoms with Gasteiger partial charge in [0.25, 0.3) is 5.78 Å². The average Bonchev–Trinajstić information content (AvgIpc) is 3.42. The Bertz CT molecular complexity index is 1270. The number of hydrogen-bond donors (Lipinski definition) is 2. The first-order valence-corrected chi connectivity index (χ1v) is 9.68. The molecule has 1 aliphatic rings. The number of Topliss-reactive ketones (excluding diaryl/α,β-unsaturated/α-hetero) is 1. The molecule has 10 heteroatoms. The highest BCUT2D eigenvalue weighted by atomic mass is 16.5. The number of H-pyrrole nitrogens is 1. The third-order valence-electron chi connectivity index (χ3n) is 5.37. The lowest BCUT2D eigenvalue weighted by atomic mass is 9.95. The van der Waals surface area contributed by atoms with E-state index in [0.29, 0.717) is 22.6 Å². The second-order valence-electron chi connectivity index (χ2n) is 7.37. The molecule has 0 aliphatic carbocycles. The van der Waals surface area contributed by atoms with E-state index in [-0.39, 0.29) is 22.6 Å². The number of hydrogen-bond acceptors (Lipinski definition) is 8. The first kappa shape index (κ1) is 21.0. The normalized spacial score (nSPS) is 17.8. The molecule has 4 heterocycles. The van der Waals surface area contributed by atoms with Crippen LogP contribution in [0.25, 0.3) is 5.76 Å². The van der Waals surface area contributed by atoms with Gasteiger partial charge in [-0.15, -0.1) is 0 Å². The van der Waals surface area contributed by atoms with Crippen LogP contribution in [0.1, 0.15) is 44.7 Å². The number of aliphatic hydroxyl groups is 1. The van der Waals surface area contributed by atoms with E-state index in [4.69, 9.17) is 9.26 Å². The maximum Gasteiger partial charge on any atom is 0.354 e. The summed E-state index contributed by atoms with van der Waals surface area (Å²) in [4.78, 5) is 46.4. The number of amides is 1. The molecule has 10 nitrogen and oxygen atoms in total. The first-order chi connectivity index (χ1) is 15.3. The Labute approximate surface area is 182 Å². The lowest BCUT2D eigenvalue weighted by Crippen LogP contribution is -2.29. The van der Waals surface area contributed by atoms with Crippen molar-refractivity contribution in [2.45, 2.75) is 26.8 Å². The van der Waals surface area contributed by atoms with Gasteiger partial charge < -0.3 is 19.4 Å². The highest BCUT2D eigenvalue weighted by Crippen LogP contribution is 2.42. The van der Waals surface area contributed by atoms with Crippen LogP contribution in [0.15, 0.2) is 40.7 Å². The zero-order valence-corrected chi connectivity index (χ0v) is 17.8. The maximum absolute atomic E-state index is 13.1. The van der Waals surface area contributed by atoms with Gasteiger partial charge in [-0.25, -0.2) is 4.79 Å². The van der Waals surface area contributed by atoms with Gasteiger partial charge in [0.1, 0.15) is 17.2 Å². The average molecular weight is 436 g/mol. The van der Waals surface area contributed by atoms with E-state index in [2.05, 4.69) is 15.1 Å². The Kier molecular flexibility index (Phi) is 5.13. The smallest absolute Gasteiger partial charge is 0.354 e. The number of aromatic amines is 1. The number of pyridine rings is 1. The molecule has 1 atom stereocenters. The van der Waals surface area contributed by atoms with Crippen molar-refractivity contribution in [3.05, 3.63) is 70.0 Å². The number of methoxy groups -OCH3 is 1. The summed E-state index contributed by atoms with van der Waals surface area (Å²) in [6.45, 7) is 4.92. The maximum atomic E-state index is 13.1. The van der Waals surface area contributed by atoms with E-state index in [9.17, 15) is 19.5 Å². The van der Waals surface area contributed by atoms with Gasteiger partial charge in [0.15, 0.2) is 5.82 Å². The van der Waals surface area contributed by atoms with Crippen molar-refractivity contribution in [1.82, 2.24) is 15.1 Å². The van der Waals surface area contributed by atoms with Crippen LogP contribution in [0.5, 0.6) is 0 Å². The molecule has 0 aromatic carbocycles. The fourth-order valence-corrected chi connectivity index (χ4v) is 3.93. The van der Waals surface area contributed by atoms with E-state index in [1.54, 1.807) is 39.1 Å². The molecule has 1 aliphatic heterocycles.